The SMILES string of the molecule is Cc1cc(C)n(CCCNc2ncnc(N)c2C)n1. The van der Waals surface area contributed by atoms with Crippen molar-refractivity contribution in [2.75, 3.05) is 17.6 Å². The fourth-order valence-electron chi connectivity index (χ4n) is 1.98. The van der Waals surface area contributed by atoms with Crippen LogP contribution in [-0.4, -0.2) is 26.3 Å². The average Bonchev–Trinajstić information content (AvgIpc) is 2.68. The molecule has 3 N–H and O–H groups in total. The molecule has 0 aromatic carbocycles. The second kappa shape index (κ2) is 5.69. The number of nitrogen functional groups attached to an aromatic ring is 1. The molecule has 19 heavy (non-hydrogen) atoms. The standard InChI is InChI=1S/C13H20N6/c1-9-7-10(2)19(18-9)6-4-5-15-13-11(3)12(14)16-8-17-13/h7-8H,4-6H2,1-3H3,(H3,14,15,16,17). The minimum absolute atomic E-state index is 0.524. The van der Waals surface area contributed by atoms with Crippen LogP contribution in [0.25, 0.3) is 0 Å². The van der Waals surface area contributed by atoms with Gasteiger partial charge in [0, 0.05) is 24.3 Å². The first-order chi connectivity index (χ1) is 9.08. The Balaban J connectivity index is 1.84. The number of nitrogens with one attached hydrogen (secondary N) is 1. The van der Waals surface area contributed by atoms with Crippen molar-refractivity contribution in [1.29, 1.82) is 0 Å². The van der Waals surface area contributed by atoms with Crippen molar-refractivity contribution in [2.45, 2.75) is 33.7 Å². The zero-order chi connectivity index (χ0) is 13.8. The van der Waals surface area contributed by atoms with E-state index in [2.05, 4.69) is 33.4 Å². The molecule has 0 saturated heterocycles. The van der Waals surface area contributed by atoms with Gasteiger partial charge in [-0.3, -0.25) is 4.68 Å². The number of hydrogen-bond donors (Lipinski definition) is 2. The van der Waals surface area contributed by atoms with E-state index in [1.54, 1.807) is 0 Å². The van der Waals surface area contributed by atoms with E-state index in [0.717, 1.165) is 36.6 Å². The molecule has 0 atom stereocenters. The van der Waals surface area contributed by atoms with Crippen LogP contribution in [0.3, 0.4) is 0 Å². The number of nitrogens with two attached hydrogens (primary N) is 1. The van der Waals surface area contributed by atoms with E-state index in [4.69, 9.17) is 5.73 Å². The third-order valence-electron chi connectivity index (χ3n) is 3.07. The fourth-order valence-corrected chi connectivity index (χ4v) is 1.98. The molecule has 0 saturated carbocycles. The molecule has 0 bridgehead atoms. The van der Waals surface area contributed by atoms with Gasteiger partial charge in [0.1, 0.15) is 18.0 Å². The van der Waals surface area contributed by atoms with Gasteiger partial charge in [-0.1, -0.05) is 0 Å². The zero-order valence-corrected chi connectivity index (χ0v) is 11.6. The van der Waals surface area contributed by atoms with Crippen molar-refractivity contribution >= 4 is 11.6 Å². The van der Waals surface area contributed by atoms with Crippen molar-refractivity contribution < 1.29 is 0 Å². The highest BCUT2D eigenvalue weighted by atomic mass is 15.3. The van der Waals surface area contributed by atoms with Crippen LogP contribution in [0.5, 0.6) is 0 Å². The van der Waals surface area contributed by atoms with Gasteiger partial charge in [0.2, 0.25) is 0 Å². The van der Waals surface area contributed by atoms with Gasteiger partial charge in [-0.05, 0) is 33.3 Å². The van der Waals surface area contributed by atoms with E-state index in [1.807, 2.05) is 18.5 Å². The summed E-state index contributed by atoms with van der Waals surface area (Å²) in [6, 6.07) is 2.09. The van der Waals surface area contributed by atoms with E-state index in [1.165, 1.54) is 12.0 Å². The maximum atomic E-state index is 5.73. The minimum Gasteiger partial charge on any atom is -0.383 e. The lowest BCUT2D eigenvalue weighted by Gasteiger charge is -2.09. The highest BCUT2D eigenvalue weighted by Crippen LogP contribution is 2.14. The summed E-state index contributed by atoms with van der Waals surface area (Å²) in [6.45, 7) is 7.72. The van der Waals surface area contributed by atoms with E-state index < -0.39 is 0 Å². The topological polar surface area (TPSA) is 81.7 Å². The molecule has 2 aromatic rings. The Morgan fingerprint density at radius 3 is 2.74 bits per heavy atom. The van der Waals surface area contributed by atoms with Crippen molar-refractivity contribution in [3.8, 4) is 0 Å². The average molecular weight is 260 g/mol. The van der Waals surface area contributed by atoms with Gasteiger partial charge in [0.25, 0.3) is 0 Å². The van der Waals surface area contributed by atoms with Gasteiger partial charge in [0.05, 0.1) is 5.69 Å². The van der Waals surface area contributed by atoms with E-state index >= 15 is 0 Å². The smallest absolute Gasteiger partial charge is 0.134 e. The molecule has 0 radical (unpaired) electrons. The Hall–Kier alpha value is -2.11. The lowest BCUT2D eigenvalue weighted by atomic mass is 10.3. The number of aromatic nitrogens is 4. The van der Waals surface area contributed by atoms with Crippen LogP contribution < -0.4 is 11.1 Å². The van der Waals surface area contributed by atoms with Crippen LogP contribution in [0.4, 0.5) is 11.6 Å². The Morgan fingerprint density at radius 1 is 1.26 bits per heavy atom. The first kappa shape index (κ1) is 13.3. The van der Waals surface area contributed by atoms with E-state index in [9.17, 15) is 0 Å². The molecule has 2 aromatic heterocycles. The van der Waals surface area contributed by atoms with Gasteiger partial charge in [-0.15, -0.1) is 0 Å². The number of aryl methyl sites for hydroxylation is 3. The maximum absolute atomic E-state index is 5.73. The predicted octanol–water partition coefficient (Wildman–Crippen LogP) is 1.68. The number of nitrogens with zero attached hydrogens (tertiary/aromatic N) is 4. The second-order valence-electron chi connectivity index (χ2n) is 4.66. The molecule has 6 heteroatoms. The zero-order valence-electron chi connectivity index (χ0n) is 11.6. The van der Waals surface area contributed by atoms with Crippen LogP contribution in [0.1, 0.15) is 23.4 Å². The Kier molecular flexibility index (Phi) is 3.99. The lowest BCUT2D eigenvalue weighted by Crippen LogP contribution is -2.11. The number of hydrogen-bond acceptors (Lipinski definition) is 5. The van der Waals surface area contributed by atoms with Crippen LogP contribution >= 0.6 is 0 Å². The molecule has 0 aliphatic carbocycles. The summed E-state index contributed by atoms with van der Waals surface area (Å²) in [5.74, 6) is 1.33. The molecular weight excluding hydrogens is 240 g/mol. The Bertz CT molecular complexity index is 560. The van der Waals surface area contributed by atoms with Gasteiger partial charge in [0.15, 0.2) is 0 Å². The monoisotopic (exact) mass is 260 g/mol. The molecule has 0 aliphatic heterocycles. The Labute approximate surface area is 113 Å². The summed E-state index contributed by atoms with van der Waals surface area (Å²) in [6.07, 6.45) is 2.46. The van der Waals surface area contributed by atoms with Gasteiger partial charge in [-0.25, -0.2) is 9.97 Å². The van der Waals surface area contributed by atoms with Crippen LogP contribution in [0.2, 0.25) is 0 Å². The van der Waals surface area contributed by atoms with Crippen molar-refractivity contribution in [3.63, 3.8) is 0 Å². The largest absolute Gasteiger partial charge is 0.383 e. The number of anilines is 2. The summed E-state index contributed by atoms with van der Waals surface area (Å²) < 4.78 is 2.03. The summed E-state index contributed by atoms with van der Waals surface area (Å²) in [5.41, 5.74) is 8.88. The molecule has 0 aliphatic rings. The summed E-state index contributed by atoms with van der Waals surface area (Å²) in [5, 5.41) is 7.71. The Morgan fingerprint density at radius 2 is 2.05 bits per heavy atom. The van der Waals surface area contributed by atoms with Crippen LogP contribution in [-0.2, 0) is 6.54 Å². The van der Waals surface area contributed by atoms with E-state index in [-0.39, 0.29) is 0 Å². The minimum atomic E-state index is 0.524. The first-order valence-electron chi connectivity index (χ1n) is 6.40. The van der Waals surface area contributed by atoms with Crippen LogP contribution in [0.15, 0.2) is 12.4 Å². The summed E-state index contributed by atoms with van der Waals surface area (Å²) in [4.78, 5) is 8.12. The van der Waals surface area contributed by atoms with Crippen molar-refractivity contribution in [3.05, 3.63) is 29.3 Å². The third kappa shape index (κ3) is 3.21. The van der Waals surface area contributed by atoms with Gasteiger partial charge in [-0.2, -0.15) is 5.10 Å². The third-order valence-corrected chi connectivity index (χ3v) is 3.07. The highest BCUT2D eigenvalue weighted by Gasteiger charge is 2.04. The van der Waals surface area contributed by atoms with Crippen molar-refractivity contribution in [2.24, 2.45) is 0 Å². The second-order valence-corrected chi connectivity index (χ2v) is 4.66. The molecule has 0 amide bonds. The molecule has 102 valence electrons. The molecule has 0 fully saturated rings. The molecule has 2 rings (SSSR count). The van der Waals surface area contributed by atoms with Gasteiger partial charge < -0.3 is 11.1 Å². The predicted molar refractivity (Wildman–Crippen MR) is 76.0 cm³/mol. The molecule has 6 nitrogen and oxygen atoms in total. The van der Waals surface area contributed by atoms with Gasteiger partial charge >= 0.3 is 0 Å². The maximum Gasteiger partial charge on any atom is 0.134 e. The molecule has 0 unspecified atom stereocenters. The molecule has 0 spiro atoms. The normalized spacial score (nSPS) is 10.7. The van der Waals surface area contributed by atoms with E-state index in [0.29, 0.717) is 5.82 Å². The number of rotatable bonds is 5. The summed E-state index contributed by atoms with van der Waals surface area (Å²) in [7, 11) is 0. The molecule has 2 heterocycles. The van der Waals surface area contributed by atoms with Crippen molar-refractivity contribution in [1.82, 2.24) is 19.7 Å². The van der Waals surface area contributed by atoms with Crippen LogP contribution in [0, 0.1) is 20.8 Å². The fraction of sp³-hybridized carbons (Fsp3) is 0.462. The highest BCUT2D eigenvalue weighted by molar-refractivity contribution is 5.53. The quantitative estimate of drug-likeness (QED) is 0.799. The molecular formula is C13H20N6. The lowest BCUT2D eigenvalue weighted by molar-refractivity contribution is 0.573. The first-order valence-corrected chi connectivity index (χ1v) is 6.40. The summed E-state index contributed by atoms with van der Waals surface area (Å²) >= 11 is 0.